The zero-order valence-corrected chi connectivity index (χ0v) is 16.4. The van der Waals surface area contributed by atoms with E-state index in [2.05, 4.69) is 5.32 Å². The minimum atomic E-state index is -1.46. The second kappa shape index (κ2) is 10.7. The smallest absolute Gasteiger partial charge is 0.349 e. The van der Waals surface area contributed by atoms with Gasteiger partial charge in [-0.25, -0.2) is 9.59 Å². The molecule has 0 radical (unpaired) electrons. The van der Waals surface area contributed by atoms with Crippen LogP contribution in [0.25, 0.3) is 0 Å². The van der Waals surface area contributed by atoms with Crippen molar-refractivity contribution in [3.05, 3.63) is 60.2 Å². The highest BCUT2D eigenvalue weighted by Crippen LogP contribution is 2.20. The maximum Gasteiger partial charge on any atom is 0.349 e. The first-order valence-corrected chi connectivity index (χ1v) is 8.91. The summed E-state index contributed by atoms with van der Waals surface area (Å²) in [6, 6.07) is 13.2. The highest BCUT2D eigenvalue weighted by molar-refractivity contribution is 5.98. The first-order chi connectivity index (χ1) is 14.0. The average Bonchev–Trinajstić information content (AvgIpc) is 2.76. The van der Waals surface area contributed by atoms with Crippen molar-refractivity contribution in [2.24, 2.45) is 0 Å². The number of benzene rings is 2. The molecule has 2 aromatic rings. The summed E-state index contributed by atoms with van der Waals surface area (Å²) in [6.07, 6.45) is -1.46. The van der Waals surface area contributed by atoms with Crippen LogP contribution in [-0.4, -0.2) is 50.8 Å². The lowest BCUT2D eigenvalue weighted by molar-refractivity contribution is -0.159. The van der Waals surface area contributed by atoms with Crippen LogP contribution in [-0.2, 0) is 19.1 Å². The third kappa shape index (κ3) is 5.97. The molecular formula is C21H23NO7. The molecule has 1 N–H and O–H groups in total. The van der Waals surface area contributed by atoms with E-state index in [1.54, 1.807) is 61.5 Å². The standard InChI is InChI=1S/C21H23NO7/c1-4-28-20(24)17(22-19(23)14-8-6-5-7-9-14)18(21(25)27-3)29-16-12-10-15(26-2)11-13-16/h5-13,17-18H,4H2,1-3H3,(H,22,23)/t17-,18-/m1/s1. The Morgan fingerprint density at radius 2 is 1.52 bits per heavy atom. The number of nitrogens with one attached hydrogen (secondary N) is 1. The van der Waals surface area contributed by atoms with Crippen molar-refractivity contribution >= 4 is 17.8 Å². The SMILES string of the molecule is CCOC(=O)[C@H](NC(=O)c1ccccc1)[C@@H](Oc1ccc(OC)cc1)C(=O)OC. The molecule has 0 saturated carbocycles. The molecular weight excluding hydrogens is 378 g/mol. The number of hydrogen-bond acceptors (Lipinski definition) is 7. The van der Waals surface area contributed by atoms with Crippen molar-refractivity contribution in [1.29, 1.82) is 0 Å². The molecule has 29 heavy (non-hydrogen) atoms. The second-order valence-electron chi connectivity index (χ2n) is 5.81. The normalized spacial score (nSPS) is 12.2. The minimum absolute atomic E-state index is 0.0625. The predicted molar refractivity (Wildman–Crippen MR) is 104 cm³/mol. The van der Waals surface area contributed by atoms with Gasteiger partial charge in [-0.05, 0) is 43.3 Å². The third-order valence-electron chi connectivity index (χ3n) is 3.92. The Balaban J connectivity index is 2.31. The molecule has 0 aromatic heterocycles. The highest BCUT2D eigenvalue weighted by Gasteiger charge is 2.39. The quantitative estimate of drug-likeness (QED) is 0.641. The Hall–Kier alpha value is -3.55. The Morgan fingerprint density at radius 3 is 2.07 bits per heavy atom. The van der Waals surface area contributed by atoms with Gasteiger partial charge in [0.15, 0.2) is 6.04 Å². The third-order valence-corrected chi connectivity index (χ3v) is 3.92. The summed E-state index contributed by atoms with van der Waals surface area (Å²) in [5.41, 5.74) is 0.315. The molecule has 0 saturated heterocycles. The van der Waals surface area contributed by atoms with E-state index < -0.39 is 30.0 Å². The number of carbonyl (C=O) groups excluding carboxylic acids is 3. The van der Waals surface area contributed by atoms with Crippen molar-refractivity contribution < 1.29 is 33.3 Å². The van der Waals surface area contributed by atoms with Crippen molar-refractivity contribution in [2.75, 3.05) is 20.8 Å². The van der Waals surface area contributed by atoms with E-state index >= 15 is 0 Å². The summed E-state index contributed by atoms with van der Waals surface area (Å²) in [5, 5.41) is 2.51. The van der Waals surface area contributed by atoms with Gasteiger partial charge in [-0.1, -0.05) is 18.2 Å². The molecule has 0 aliphatic rings. The predicted octanol–water partition coefficient (Wildman–Crippen LogP) is 1.98. The maximum atomic E-state index is 12.6. The first-order valence-electron chi connectivity index (χ1n) is 8.91. The molecule has 0 aliphatic heterocycles. The van der Waals surface area contributed by atoms with Gasteiger partial charge in [0.1, 0.15) is 11.5 Å². The fourth-order valence-corrected chi connectivity index (χ4v) is 2.47. The average molecular weight is 401 g/mol. The molecule has 2 aromatic carbocycles. The molecule has 8 nitrogen and oxygen atoms in total. The zero-order chi connectivity index (χ0) is 21.2. The molecule has 0 spiro atoms. The molecule has 2 rings (SSSR count). The van der Waals surface area contributed by atoms with Gasteiger partial charge in [0.25, 0.3) is 5.91 Å². The van der Waals surface area contributed by atoms with Crippen LogP contribution >= 0.6 is 0 Å². The van der Waals surface area contributed by atoms with Gasteiger partial charge in [0.05, 0.1) is 20.8 Å². The van der Waals surface area contributed by atoms with Crippen molar-refractivity contribution in [1.82, 2.24) is 5.32 Å². The lowest BCUT2D eigenvalue weighted by atomic mass is 10.1. The van der Waals surface area contributed by atoms with Crippen LogP contribution in [0.1, 0.15) is 17.3 Å². The van der Waals surface area contributed by atoms with Crippen LogP contribution in [0.15, 0.2) is 54.6 Å². The largest absolute Gasteiger partial charge is 0.497 e. The van der Waals surface area contributed by atoms with Crippen LogP contribution in [0.2, 0.25) is 0 Å². The topological polar surface area (TPSA) is 100 Å². The van der Waals surface area contributed by atoms with Crippen molar-refractivity contribution in [3.63, 3.8) is 0 Å². The van der Waals surface area contributed by atoms with Gasteiger partial charge in [-0.15, -0.1) is 0 Å². The Labute approximate surface area is 168 Å². The maximum absolute atomic E-state index is 12.6. The Kier molecular flexibility index (Phi) is 8.02. The number of ether oxygens (including phenoxy) is 4. The van der Waals surface area contributed by atoms with Crippen LogP contribution < -0.4 is 14.8 Å². The van der Waals surface area contributed by atoms with Gasteiger partial charge in [0.2, 0.25) is 6.10 Å². The molecule has 0 unspecified atom stereocenters. The van der Waals surface area contributed by atoms with Gasteiger partial charge in [-0.3, -0.25) is 4.79 Å². The number of amides is 1. The molecule has 0 aliphatic carbocycles. The first kappa shape index (κ1) is 21.7. The molecule has 2 atom stereocenters. The Morgan fingerprint density at radius 1 is 0.897 bits per heavy atom. The summed E-state index contributed by atoms with van der Waals surface area (Å²) in [7, 11) is 2.68. The fourth-order valence-electron chi connectivity index (χ4n) is 2.47. The fraction of sp³-hybridized carbons (Fsp3) is 0.286. The van der Waals surface area contributed by atoms with E-state index in [-0.39, 0.29) is 12.4 Å². The van der Waals surface area contributed by atoms with E-state index in [1.165, 1.54) is 7.11 Å². The van der Waals surface area contributed by atoms with Gasteiger partial charge in [-0.2, -0.15) is 0 Å². The summed E-state index contributed by atoms with van der Waals surface area (Å²) in [6.45, 7) is 1.68. The van der Waals surface area contributed by atoms with E-state index in [9.17, 15) is 14.4 Å². The lowest BCUT2D eigenvalue weighted by Crippen LogP contribution is -2.55. The van der Waals surface area contributed by atoms with Gasteiger partial charge < -0.3 is 24.3 Å². The van der Waals surface area contributed by atoms with Gasteiger partial charge in [0, 0.05) is 5.56 Å². The molecule has 0 bridgehead atoms. The summed E-state index contributed by atoms with van der Waals surface area (Å²) in [5.74, 6) is -1.35. The Bertz CT molecular complexity index is 821. The zero-order valence-electron chi connectivity index (χ0n) is 16.4. The van der Waals surface area contributed by atoms with Crippen LogP contribution in [0, 0.1) is 0 Å². The molecule has 8 heteroatoms. The van der Waals surface area contributed by atoms with Crippen LogP contribution in [0.3, 0.4) is 0 Å². The number of hydrogen-bond donors (Lipinski definition) is 1. The van der Waals surface area contributed by atoms with E-state index in [1.807, 2.05) is 0 Å². The molecule has 1 amide bonds. The van der Waals surface area contributed by atoms with Crippen LogP contribution in [0.5, 0.6) is 11.5 Å². The highest BCUT2D eigenvalue weighted by atomic mass is 16.6. The van der Waals surface area contributed by atoms with Gasteiger partial charge >= 0.3 is 11.9 Å². The second-order valence-corrected chi connectivity index (χ2v) is 5.81. The summed E-state index contributed by atoms with van der Waals surface area (Å²) in [4.78, 5) is 37.5. The number of carbonyl (C=O) groups is 3. The number of methoxy groups -OCH3 is 2. The van der Waals surface area contributed by atoms with Crippen LogP contribution in [0.4, 0.5) is 0 Å². The summed E-state index contributed by atoms with van der Waals surface area (Å²) < 4.78 is 20.6. The lowest BCUT2D eigenvalue weighted by Gasteiger charge is -2.25. The monoisotopic (exact) mass is 401 g/mol. The van der Waals surface area contributed by atoms with Crippen molar-refractivity contribution in [3.8, 4) is 11.5 Å². The molecule has 0 heterocycles. The molecule has 0 fully saturated rings. The minimum Gasteiger partial charge on any atom is -0.497 e. The number of rotatable bonds is 9. The van der Waals surface area contributed by atoms with E-state index in [0.29, 0.717) is 11.3 Å². The van der Waals surface area contributed by atoms with E-state index in [0.717, 1.165) is 7.11 Å². The summed E-state index contributed by atoms with van der Waals surface area (Å²) >= 11 is 0. The van der Waals surface area contributed by atoms with Crippen molar-refractivity contribution in [2.45, 2.75) is 19.1 Å². The molecule has 154 valence electrons. The van der Waals surface area contributed by atoms with E-state index in [4.69, 9.17) is 18.9 Å². The number of esters is 2.